The van der Waals surface area contributed by atoms with Gasteiger partial charge in [0.15, 0.2) is 0 Å². The molecule has 0 bridgehead atoms. The van der Waals surface area contributed by atoms with E-state index in [1.165, 1.54) is 16.8 Å². The van der Waals surface area contributed by atoms with E-state index in [2.05, 4.69) is 5.32 Å². The summed E-state index contributed by atoms with van der Waals surface area (Å²) in [6, 6.07) is 12.3. The van der Waals surface area contributed by atoms with Crippen LogP contribution in [0.4, 0.5) is 0 Å². The minimum Gasteiger partial charge on any atom is -0.465 e. The number of aryl methyl sites for hydroxylation is 1. The predicted octanol–water partition coefficient (Wildman–Crippen LogP) is 2.14. The van der Waals surface area contributed by atoms with Crippen LogP contribution < -0.4 is 10.3 Å². The Morgan fingerprint density at radius 3 is 2.59 bits per heavy atom. The zero-order chi connectivity index (χ0) is 22.9. The molecule has 0 saturated heterocycles. The molecule has 2 heterocycles. The molecule has 2 aromatic rings. The van der Waals surface area contributed by atoms with Gasteiger partial charge < -0.3 is 9.47 Å². The maximum absolute atomic E-state index is 13.4. The van der Waals surface area contributed by atoms with E-state index >= 15 is 0 Å². The smallest absolute Gasteiger partial charge is 0.327 e. The van der Waals surface area contributed by atoms with E-state index in [1.54, 1.807) is 24.7 Å². The second kappa shape index (κ2) is 11.7. The summed E-state index contributed by atoms with van der Waals surface area (Å²) < 4.78 is 12.0. The summed E-state index contributed by atoms with van der Waals surface area (Å²) in [7, 11) is 0. The molecule has 9 heteroatoms. The molecule has 2 atom stereocenters. The molecule has 0 fully saturated rings. The Kier molecular flexibility index (Phi) is 8.75. The summed E-state index contributed by atoms with van der Waals surface area (Å²) in [5.41, 5.74) is 1.10. The van der Waals surface area contributed by atoms with Crippen LogP contribution in [-0.4, -0.2) is 60.1 Å². The maximum atomic E-state index is 13.4. The molecule has 8 nitrogen and oxygen atoms in total. The van der Waals surface area contributed by atoms with Gasteiger partial charge in [0.1, 0.15) is 12.6 Å². The van der Waals surface area contributed by atoms with Crippen molar-refractivity contribution < 1.29 is 23.9 Å². The van der Waals surface area contributed by atoms with Crippen LogP contribution >= 0.6 is 11.8 Å². The molecule has 0 saturated carbocycles. The van der Waals surface area contributed by atoms with E-state index in [1.807, 2.05) is 42.5 Å². The molecule has 0 aliphatic carbocycles. The molecule has 1 N–H and O–H groups in total. The SMILES string of the molecule is CCOC(=O)CN1C(=O)[C@@H](N[C@@H](CCc2ccccc2)C(=O)OCC)CSc2cccn21. The van der Waals surface area contributed by atoms with E-state index in [-0.39, 0.29) is 31.6 Å². The van der Waals surface area contributed by atoms with E-state index in [0.717, 1.165) is 10.6 Å². The van der Waals surface area contributed by atoms with Gasteiger partial charge in [-0.25, -0.2) is 5.01 Å². The molecule has 0 unspecified atom stereocenters. The van der Waals surface area contributed by atoms with E-state index in [0.29, 0.717) is 18.6 Å². The van der Waals surface area contributed by atoms with Crippen molar-refractivity contribution in [3.8, 4) is 0 Å². The average Bonchev–Trinajstić information content (AvgIpc) is 3.21. The van der Waals surface area contributed by atoms with Crippen LogP contribution in [0.1, 0.15) is 25.8 Å². The van der Waals surface area contributed by atoms with Gasteiger partial charge in [0, 0.05) is 11.9 Å². The largest absolute Gasteiger partial charge is 0.465 e. The van der Waals surface area contributed by atoms with Gasteiger partial charge in [-0.15, -0.1) is 11.8 Å². The zero-order valence-corrected chi connectivity index (χ0v) is 19.2. The fourth-order valence-electron chi connectivity index (χ4n) is 3.51. The van der Waals surface area contributed by atoms with E-state index < -0.39 is 18.1 Å². The highest BCUT2D eigenvalue weighted by Crippen LogP contribution is 2.25. The van der Waals surface area contributed by atoms with Crippen molar-refractivity contribution in [1.29, 1.82) is 0 Å². The third-order valence-electron chi connectivity index (χ3n) is 5.02. The van der Waals surface area contributed by atoms with Crippen LogP contribution in [-0.2, 0) is 30.3 Å². The predicted molar refractivity (Wildman–Crippen MR) is 122 cm³/mol. The standard InChI is InChI=1S/C23H29N3O5S/c1-3-30-21(27)15-26-22(28)19(16-32-20-11-8-14-25(20)26)24-18(23(29)31-4-2)13-12-17-9-6-5-7-10-17/h5-11,14,18-19,24H,3-4,12-13,15-16H2,1-2H3/t18-,19-/m0/s1. The Hall–Kier alpha value is -2.78. The topological polar surface area (TPSA) is 89.9 Å². The number of amides is 1. The van der Waals surface area contributed by atoms with Crippen LogP contribution in [0.15, 0.2) is 53.7 Å². The van der Waals surface area contributed by atoms with Crippen molar-refractivity contribution in [3.63, 3.8) is 0 Å². The summed E-state index contributed by atoms with van der Waals surface area (Å²) >= 11 is 1.49. The van der Waals surface area contributed by atoms with Gasteiger partial charge in [0.2, 0.25) is 0 Å². The highest BCUT2D eigenvalue weighted by molar-refractivity contribution is 7.99. The second-order valence-corrected chi connectivity index (χ2v) is 8.29. The number of thioether (sulfide) groups is 1. The number of nitrogens with zero attached hydrogens (tertiary/aromatic N) is 2. The number of rotatable bonds is 10. The Labute approximate surface area is 192 Å². The van der Waals surface area contributed by atoms with Crippen LogP contribution in [0, 0.1) is 0 Å². The van der Waals surface area contributed by atoms with Crippen LogP contribution in [0.25, 0.3) is 0 Å². The normalized spacial score (nSPS) is 16.8. The number of hydrogen-bond donors (Lipinski definition) is 1. The Morgan fingerprint density at radius 2 is 1.88 bits per heavy atom. The van der Waals surface area contributed by atoms with Gasteiger partial charge in [-0.2, -0.15) is 0 Å². The monoisotopic (exact) mass is 459 g/mol. The maximum Gasteiger partial charge on any atom is 0.327 e. The van der Waals surface area contributed by atoms with Crippen molar-refractivity contribution in [2.24, 2.45) is 0 Å². The highest BCUT2D eigenvalue weighted by Gasteiger charge is 2.35. The highest BCUT2D eigenvalue weighted by atomic mass is 32.2. The number of esters is 2. The molecule has 1 amide bonds. The summed E-state index contributed by atoms with van der Waals surface area (Å²) in [5.74, 6) is -0.752. The first-order valence-corrected chi connectivity index (χ1v) is 11.8. The summed E-state index contributed by atoms with van der Waals surface area (Å²) in [5, 5.41) is 5.41. The average molecular weight is 460 g/mol. The third-order valence-corrected chi connectivity index (χ3v) is 6.14. The first kappa shape index (κ1) is 23.9. The molecule has 0 spiro atoms. The Morgan fingerprint density at radius 1 is 1.12 bits per heavy atom. The van der Waals surface area contributed by atoms with Crippen LogP contribution in [0.3, 0.4) is 0 Å². The molecule has 1 aliphatic heterocycles. The number of aromatic nitrogens is 1. The number of hydrogen-bond acceptors (Lipinski definition) is 7. The molecular weight excluding hydrogens is 430 g/mol. The van der Waals surface area contributed by atoms with Crippen LogP contribution in [0.5, 0.6) is 0 Å². The number of nitrogens with one attached hydrogen (secondary N) is 1. The molecular formula is C23H29N3O5S. The molecule has 1 aliphatic rings. The summed E-state index contributed by atoms with van der Waals surface area (Å²) in [6.07, 6.45) is 2.89. The van der Waals surface area contributed by atoms with Crippen molar-refractivity contribution >= 4 is 29.6 Å². The second-order valence-electron chi connectivity index (χ2n) is 7.25. The minimum atomic E-state index is -0.667. The van der Waals surface area contributed by atoms with E-state index in [9.17, 15) is 14.4 Å². The number of ether oxygens (including phenoxy) is 2. The van der Waals surface area contributed by atoms with Crippen molar-refractivity contribution in [2.45, 2.75) is 43.8 Å². The summed E-state index contributed by atoms with van der Waals surface area (Å²) in [4.78, 5) is 38.2. The van der Waals surface area contributed by atoms with E-state index in [4.69, 9.17) is 9.47 Å². The fraction of sp³-hybridized carbons (Fsp3) is 0.435. The lowest BCUT2D eigenvalue weighted by molar-refractivity contribution is -0.146. The van der Waals surface area contributed by atoms with Crippen molar-refractivity contribution in [1.82, 2.24) is 9.99 Å². The molecule has 172 valence electrons. The van der Waals surface area contributed by atoms with Crippen LogP contribution in [0.2, 0.25) is 0 Å². The Bertz CT molecular complexity index is 917. The van der Waals surface area contributed by atoms with Crippen molar-refractivity contribution in [3.05, 3.63) is 54.2 Å². The van der Waals surface area contributed by atoms with Gasteiger partial charge in [-0.05, 0) is 44.4 Å². The van der Waals surface area contributed by atoms with Gasteiger partial charge in [0.25, 0.3) is 5.91 Å². The molecule has 1 aromatic carbocycles. The Balaban J connectivity index is 1.76. The lowest BCUT2D eigenvalue weighted by Gasteiger charge is -2.27. The number of carbonyl (C=O) groups is 3. The molecule has 1 aromatic heterocycles. The third kappa shape index (κ3) is 6.14. The lowest BCUT2D eigenvalue weighted by atomic mass is 10.0. The number of carbonyl (C=O) groups excluding carboxylic acids is 3. The number of benzene rings is 1. The van der Waals surface area contributed by atoms with Gasteiger partial charge in [-0.1, -0.05) is 30.3 Å². The first-order chi connectivity index (χ1) is 15.5. The number of fused-ring (bicyclic) bond motifs is 1. The lowest BCUT2D eigenvalue weighted by Crippen LogP contribution is -2.56. The quantitative estimate of drug-likeness (QED) is 0.545. The van der Waals surface area contributed by atoms with Gasteiger partial charge >= 0.3 is 11.9 Å². The summed E-state index contributed by atoms with van der Waals surface area (Å²) in [6.45, 7) is 3.77. The first-order valence-electron chi connectivity index (χ1n) is 10.8. The minimum absolute atomic E-state index is 0.207. The van der Waals surface area contributed by atoms with Gasteiger partial charge in [0.05, 0.1) is 24.3 Å². The fourth-order valence-corrected chi connectivity index (χ4v) is 4.55. The van der Waals surface area contributed by atoms with Gasteiger partial charge in [-0.3, -0.25) is 24.4 Å². The molecule has 0 radical (unpaired) electrons. The van der Waals surface area contributed by atoms with Crippen molar-refractivity contribution in [2.75, 3.05) is 30.5 Å². The zero-order valence-electron chi connectivity index (χ0n) is 18.4. The molecule has 32 heavy (non-hydrogen) atoms. The molecule has 3 rings (SSSR count).